The van der Waals surface area contributed by atoms with Crippen molar-refractivity contribution in [2.45, 2.75) is 58.3 Å². The zero-order valence-electron chi connectivity index (χ0n) is 12.6. The van der Waals surface area contributed by atoms with Gasteiger partial charge in [0.05, 0.1) is 6.61 Å². The lowest BCUT2D eigenvalue weighted by molar-refractivity contribution is -0.144. The van der Waals surface area contributed by atoms with Gasteiger partial charge >= 0.3 is 5.97 Å². The van der Waals surface area contributed by atoms with Crippen LogP contribution in [0.25, 0.3) is 0 Å². The van der Waals surface area contributed by atoms with Crippen LogP contribution in [0.4, 0.5) is 0 Å². The molecule has 0 unspecified atom stereocenters. The van der Waals surface area contributed by atoms with Crippen molar-refractivity contribution < 1.29 is 14.3 Å². The molecule has 4 heteroatoms. The van der Waals surface area contributed by atoms with Gasteiger partial charge in [0.25, 0.3) is 0 Å². The Bertz CT molecular complexity index is 281. The van der Waals surface area contributed by atoms with Crippen LogP contribution in [0, 0.1) is 11.8 Å². The molecule has 0 spiro atoms. The number of unbranched alkanes of at least 4 members (excludes halogenated alkanes) is 4. The molecule has 0 bridgehead atoms. The highest BCUT2D eigenvalue weighted by Gasteiger charge is 2.02. The first-order valence-corrected chi connectivity index (χ1v) is 8.68. The molecule has 0 aliphatic heterocycles. The molecule has 0 aromatic heterocycles. The summed E-state index contributed by atoms with van der Waals surface area (Å²) in [5.41, 5.74) is 0. The second-order valence-corrected chi connectivity index (χ2v) is 5.38. The van der Waals surface area contributed by atoms with Gasteiger partial charge in [0, 0.05) is 24.8 Å². The van der Waals surface area contributed by atoms with E-state index < -0.39 is 0 Å². The normalized spacial score (nSPS) is 9.90. The third kappa shape index (κ3) is 15.5. The van der Waals surface area contributed by atoms with E-state index in [9.17, 15) is 4.79 Å². The number of hydrogen-bond donors (Lipinski definition) is 0. The molecule has 0 saturated heterocycles. The minimum absolute atomic E-state index is 0.119. The van der Waals surface area contributed by atoms with Gasteiger partial charge in [0.15, 0.2) is 0 Å². The van der Waals surface area contributed by atoms with Crippen LogP contribution in [0.15, 0.2) is 0 Å². The Balaban J connectivity index is 3.23. The van der Waals surface area contributed by atoms with Gasteiger partial charge in [-0.25, -0.2) is 0 Å². The van der Waals surface area contributed by atoms with Crippen LogP contribution in [-0.2, 0) is 14.3 Å². The fourth-order valence-corrected chi connectivity index (χ4v) is 1.91. The smallest absolute Gasteiger partial charge is 0.305 e. The molecule has 0 heterocycles. The van der Waals surface area contributed by atoms with Crippen LogP contribution in [0.2, 0.25) is 0 Å². The van der Waals surface area contributed by atoms with Crippen LogP contribution in [0.5, 0.6) is 0 Å². The lowest BCUT2D eigenvalue weighted by Crippen LogP contribution is -2.07. The van der Waals surface area contributed by atoms with Gasteiger partial charge in [0.1, 0.15) is 6.61 Å². The molecule has 0 aliphatic rings. The van der Waals surface area contributed by atoms with E-state index in [-0.39, 0.29) is 5.97 Å². The van der Waals surface area contributed by atoms with Crippen LogP contribution in [0.1, 0.15) is 58.3 Å². The Labute approximate surface area is 131 Å². The average Bonchev–Trinajstić information content (AvgIpc) is 2.45. The fourth-order valence-electron chi connectivity index (χ4n) is 1.51. The second-order valence-electron chi connectivity index (χ2n) is 4.58. The third-order valence-electron chi connectivity index (χ3n) is 2.63. The molecule has 20 heavy (non-hydrogen) atoms. The molecular weight excluding hydrogens is 320 g/mol. The Kier molecular flexibility index (Phi) is 16.1. The Morgan fingerprint density at radius 2 is 1.85 bits per heavy atom. The molecule has 0 radical (unpaired) electrons. The summed E-state index contributed by atoms with van der Waals surface area (Å²) in [7, 11) is 0. The minimum atomic E-state index is -0.119. The van der Waals surface area contributed by atoms with Crippen LogP contribution < -0.4 is 0 Å². The van der Waals surface area contributed by atoms with Crippen molar-refractivity contribution in [1.82, 2.24) is 0 Å². The Morgan fingerprint density at radius 3 is 2.60 bits per heavy atom. The molecule has 0 aliphatic carbocycles. The predicted octanol–water partition coefficient (Wildman–Crippen LogP) is 4.09. The van der Waals surface area contributed by atoms with E-state index in [0.29, 0.717) is 32.7 Å². The van der Waals surface area contributed by atoms with E-state index in [1.165, 1.54) is 12.8 Å². The van der Waals surface area contributed by atoms with Crippen molar-refractivity contribution in [1.29, 1.82) is 0 Å². The molecular formula is C16H27BrO3. The summed E-state index contributed by atoms with van der Waals surface area (Å²) in [6, 6.07) is 0. The number of esters is 1. The Morgan fingerprint density at radius 1 is 1.05 bits per heavy atom. The zero-order valence-corrected chi connectivity index (χ0v) is 14.2. The van der Waals surface area contributed by atoms with E-state index in [0.717, 1.165) is 31.0 Å². The van der Waals surface area contributed by atoms with E-state index in [1.807, 2.05) is 0 Å². The maximum atomic E-state index is 11.4. The summed E-state index contributed by atoms with van der Waals surface area (Å²) in [6.45, 7) is 3.68. The molecule has 0 fully saturated rings. The van der Waals surface area contributed by atoms with Gasteiger partial charge in [-0.2, -0.15) is 0 Å². The molecule has 0 amide bonds. The van der Waals surface area contributed by atoms with Gasteiger partial charge in [-0.15, -0.1) is 5.92 Å². The highest BCUT2D eigenvalue weighted by Crippen LogP contribution is 2.03. The first-order valence-electron chi connectivity index (χ1n) is 7.56. The summed E-state index contributed by atoms with van der Waals surface area (Å²) in [5, 5.41) is 1.05. The number of alkyl halides is 1. The first-order chi connectivity index (χ1) is 9.81. The van der Waals surface area contributed by atoms with Crippen LogP contribution in [0.3, 0.4) is 0 Å². The summed E-state index contributed by atoms with van der Waals surface area (Å²) < 4.78 is 10.5. The zero-order chi connectivity index (χ0) is 14.9. The van der Waals surface area contributed by atoms with Crippen LogP contribution in [-0.4, -0.2) is 31.1 Å². The molecule has 0 atom stereocenters. The highest BCUT2D eigenvalue weighted by molar-refractivity contribution is 9.09. The predicted molar refractivity (Wildman–Crippen MR) is 86.0 cm³/mol. The van der Waals surface area contributed by atoms with Gasteiger partial charge in [-0.05, 0) is 25.7 Å². The number of carbonyl (C=O) groups is 1. The standard InChI is InChI=1S/C16H27BrO3/c1-2-3-4-8-13-19-14-10-11-16(18)20-15-9-6-5-7-12-17/h2-3,5-7,9-15H2,1H3. The van der Waals surface area contributed by atoms with Crippen molar-refractivity contribution in [3.8, 4) is 11.8 Å². The summed E-state index contributed by atoms with van der Waals surface area (Å²) in [4.78, 5) is 11.4. The highest BCUT2D eigenvalue weighted by atomic mass is 79.9. The molecule has 0 aromatic rings. The third-order valence-corrected chi connectivity index (χ3v) is 3.20. The van der Waals surface area contributed by atoms with Gasteiger partial charge in [-0.3, -0.25) is 4.79 Å². The molecule has 0 aromatic carbocycles. The summed E-state index contributed by atoms with van der Waals surface area (Å²) in [5.74, 6) is 5.84. The molecule has 0 rings (SSSR count). The van der Waals surface area contributed by atoms with Crippen molar-refractivity contribution in [2.24, 2.45) is 0 Å². The van der Waals surface area contributed by atoms with Gasteiger partial charge in [0.2, 0.25) is 0 Å². The molecule has 0 saturated carbocycles. The number of rotatable bonds is 12. The maximum absolute atomic E-state index is 11.4. The monoisotopic (exact) mass is 346 g/mol. The van der Waals surface area contributed by atoms with Crippen molar-refractivity contribution in [3.63, 3.8) is 0 Å². The van der Waals surface area contributed by atoms with Crippen LogP contribution >= 0.6 is 15.9 Å². The second kappa shape index (κ2) is 16.5. The fraction of sp³-hybridized carbons (Fsp3) is 0.812. The SMILES string of the molecule is CCCC#CCOCCCC(=O)OCCCCCCBr. The van der Waals surface area contributed by atoms with E-state index in [2.05, 4.69) is 34.7 Å². The lowest BCUT2D eigenvalue weighted by Gasteiger charge is -2.04. The van der Waals surface area contributed by atoms with Crippen molar-refractivity contribution in [2.75, 3.05) is 25.2 Å². The molecule has 3 nitrogen and oxygen atoms in total. The van der Waals surface area contributed by atoms with Crippen molar-refractivity contribution >= 4 is 21.9 Å². The summed E-state index contributed by atoms with van der Waals surface area (Å²) >= 11 is 3.39. The number of carbonyl (C=O) groups excluding carboxylic acids is 1. The van der Waals surface area contributed by atoms with E-state index in [4.69, 9.17) is 9.47 Å². The van der Waals surface area contributed by atoms with Gasteiger partial charge in [-0.1, -0.05) is 41.6 Å². The van der Waals surface area contributed by atoms with Gasteiger partial charge < -0.3 is 9.47 Å². The first kappa shape index (κ1) is 19.5. The van der Waals surface area contributed by atoms with Crippen molar-refractivity contribution in [3.05, 3.63) is 0 Å². The average molecular weight is 347 g/mol. The Hall–Kier alpha value is -0.530. The quantitative estimate of drug-likeness (QED) is 0.231. The largest absolute Gasteiger partial charge is 0.466 e. The number of halogens is 1. The summed E-state index contributed by atoms with van der Waals surface area (Å²) in [6.07, 6.45) is 7.60. The molecule has 0 N–H and O–H groups in total. The maximum Gasteiger partial charge on any atom is 0.305 e. The molecule has 116 valence electrons. The minimum Gasteiger partial charge on any atom is -0.466 e. The topological polar surface area (TPSA) is 35.5 Å². The van der Waals surface area contributed by atoms with E-state index >= 15 is 0 Å². The van der Waals surface area contributed by atoms with E-state index in [1.54, 1.807) is 0 Å². The lowest BCUT2D eigenvalue weighted by atomic mass is 10.2. The number of ether oxygens (including phenoxy) is 2. The number of hydrogen-bond acceptors (Lipinski definition) is 3.